The molecule has 1 heterocycles. The van der Waals surface area contributed by atoms with E-state index in [1.807, 2.05) is 40.8 Å². The first-order valence-electron chi connectivity index (χ1n) is 17.1. The van der Waals surface area contributed by atoms with Crippen molar-refractivity contribution in [3.63, 3.8) is 0 Å². The van der Waals surface area contributed by atoms with Crippen LogP contribution in [-0.2, 0) is 20.9 Å². The summed E-state index contributed by atoms with van der Waals surface area (Å²) in [6.45, 7) is 17.5. The number of hydrogen-bond donors (Lipinski definition) is 4. The largest absolute Gasteiger partial charge is 0.508 e. The second-order valence-electron chi connectivity index (χ2n) is 17.2. The Hall–Kier alpha value is -2.06. The van der Waals surface area contributed by atoms with Gasteiger partial charge in [0.2, 0.25) is 0 Å². The second kappa shape index (κ2) is 10.5. The van der Waals surface area contributed by atoms with E-state index in [1.165, 1.54) is 5.57 Å². The van der Waals surface area contributed by atoms with Gasteiger partial charge < -0.3 is 25.4 Å². The maximum atomic E-state index is 14.3. The molecule has 1 aromatic rings. The first-order chi connectivity index (χ1) is 20.8. The van der Waals surface area contributed by atoms with Crippen molar-refractivity contribution in [3.8, 4) is 5.75 Å². The summed E-state index contributed by atoms with van der Waals surface area (Å²) in [4.78, 5) is 28.2. The third-order valence-corrected chi connectivity index (χ3v) is 13.7. The lowest BCUT2D eigenvalue weighted by atomic mass is 9.35. The van der Waals surface area contributed by atoms with E-state index in [-0.39, 0.29) is 63.5 Å². The van der Waals surface area contributed by atoms with Gasteiger partial charge in [0, 0.05) is 35.6 Å². The number of phenolic OH excluding ortho intramolecular Hbond substituents is 1. The zero-order valence-electron chi connectivity index (χ0n) is 28.8. The number of hydrogen-bond acceptors (Lipinski definition) is 7. The SMILES string of the molecule is CNCc1cc(O)cc([C@@H]2C[C@@]3(C)[C@H]4CCC5=C([C@H](C)C[C@@H](O)[C@H]6OC6(C)C)C(=O)C[C@]5(C)[C@@]4(C)C[C@H](O)[C@H]3C(C)(C)C2=O)c1. The molecule has 248 valence electrons. The molecule has 1 aliphatic heterocycles. The Morgan fingerprint density at radius 3 is 2.33 bits per heavy atom. The molecule has 0 bridgehead atoms. The Morgan fingerprint density at radius 2 is 1.71 bits per heavy atom. The highest BCUT2D eigenvalue weighted by atomic mass is 16.6. The third-order valence-electron chi connectivity index (χ3n) is 13.7. The molecule has 7 nitrogen and oxygen atoms in total. The third kappa shape index (κ3) is 4.73. The Kier molecular flexibility index (Phi) is 7.65. The van der Waals surface area contributed by atoms with Crippen LogP contribution in [0.5, 0.6) is 5.75 Å². The van der Waals surface area contributed by atoms with Gasteiger partial charge in [-0.3, -0.25) is 9.59 Å². The summed E-state index contributed by atoms with van der Waals surface area (Å²) in [5.74, 6) is 0.00364. The van der Waals surface area contributed by atoms with Crippen LogP contribution in [0, 0.1) is 39.4 Å². The van der Waals surface area contributed by atoms with Crippen molar-refractivity contribution < 1.29 is 29.6 Å². The number of epoxide rings is 1. The summed E-state index contributed by atoms with van der Waals surface area (Å²) in [6, 6.07) is 5.54. The fourth-order valence-corrected chi connectivity index (χ4v) is 11.8. The van der Waals surface area contributed by atoms with Crippen LogP contribution in [0.25, 0.3) is 0 Å². The van der Waals surface area contributed by atoms with Gasteiger partial charge in [-0.2, -0.15) is 0 Å². The van der Waals surface area contributed by atoms with Gasteiger partial charge in [-0.05, 0) is 104 Å². The van der Waals surface area contributed by atoms with Crippen molar-refractivity contribution in [2.24, 2.45) is 39.4 Å². The standard InChI is InChI=1S/C38H55NO6/c1-20(12-26(41)33-35(4,5)45-33)30-25-10-11-29-36(6)16-24(22-13-21(19-39-9)14-23(40)15-22)32(44)34(2,3)31(36)28(43)18-38(29,8)37(25,7)17-27(30)42/h13-15,20,24,26,28-29,31,33,39-41,43H,10-12,16-19H2,1-9H3/t20-,24+,26-,28+,29-,31+,33-,36+,37+,38+/m1/s1. The number of phenols is 1. The van der Waals surface area contributed by atoms with Crippen molar-refractivity contribution in [2.45, 2.75) is 130 Å². The van der Waals surface area contributed by atoms with Crippen LogP contribution >= 0.6 is 0 Å². The normalized spacial score (nSPS) is 41.3. The molecule has 0 unspecified atom stereocenters. The van der Waals surface area contributed by atoms with Crippen LogP contribution in [0.1, 0.15) is 111 Å². The van der Waals surface area contributed by atoms with Crippen LogP contribution < -0.4 is 5.32 Å². The van der Waals surface area contributed by atoms with Gasteiger partial charge in [-0.15, -0.1) is 0 Å². The second-order valence-corrected chi connectivity index (χ2v) is 17.2. The van der Waals surface area contributed by atoms with Crippen molar-refractivity contribution >= 4 is 11.6 Å². The quantitative estimate of drug-likeness (QED) is 0.283. The van der Waals surface area contributed by atoms with Crippen molar-refractivity contribution in [2.75, 3.05) is 7.05 Å². The highest BCUT2D eigenvalue weighted by Gasteiger charge is 2.71. The van der Waals surface area contributed by atoms with E-state index in [1.54, 1.807) is 12.1 Å². The predicted molar refractivity (Wildman–Crippen MR) is 174 cm³/mol. The molecular weight excluding hydrogens is 566 g/mol. The summed E-state index contributed by atoms with van der Waals surface area (Å²) in [5, 5.41) is 36.9. The topological polar surface area (TPSA) is 119 Å². The van der Waals surface area contributed by atoms with E-state index < -0.39 is 23.0 Å². The van der Waals surface area contributed by atoms with Gasteiger partial charge in [0.05, 0.1) is 17.8 Å². The molecule has 5 aliphatic rings. The van der Waals surface area contributed by atoms with Crippen LogP contribution in [-0.4, -0.2) is 57.8 Å². The average molecular weight is 622 g/mol. The Labute approximate surface area is 269 Å². The van der Waals surface area contributed by atoms with Crippen LogP contribution in [0.15, 0.2) is 29.3 Å². The molecule has 7 heteroatoms. The number of rotatable bonds is 7. The number of carbonyl (C=O) groups is 2. The summed E-state index contributed by atoms with van der Waals surface area (Å²) < 4.78 is 5.71. The molecule has 4 N–H and O–H groups in total. The van der Waals surface area contributed by atoms with Crippen LogP contribution in [0.2, 0.25) is 0 Å². The number of aliphatic hydroxyl groups excluding tert-OH is 2. The number of benzene rings is 1. The van der Waals surface area contributed by atoms with Crippen molar-refractivity contribution in [1.82, 2.24) is 5.32 Å². The molecule has 6 rings (SSSR count). The Bertz CT molecular complexity index is 1450. The van der Waals surface area contributed by atoms with E-state index in [0.717, 1.165) is 29.5 Å². The minimum atomic E-state index is -0.760. The minimum Gasteiger partial charge on any atom is -0.508 e. The zero-order chi connectivity index (χ0) is 33.1. The number of aromatic hydroxyl groups is 1. The van der Waals surface area contributed by atoms with Gasteiger partial charge in [0.15, 0.2) is 5.78 Å². The summed E-state index contributed by atoms with van der Waals surface area (Å²) >= 11 is 0. The lowest BCUT2D eigenvalue weighted by Crippen LogP contribution is -2.67. The zero-order valence-corrected chi connectivity index (χ0v) is 28.8. The first kappa shape index (κ1) is 32.9. The monoisotopic (exact) mass is 621 g/mol. The molecule has 10 atom stereocenters. The molecule has 3 saturated carbocycles. The fourth-order valence-electron chi connectivity index (χ4n) is 11.8. The molecule has 0 amide bonds. The summed E-state index contributed by atoms with van der Waals surface area (Å²) in [6.07, 6.45) is 2.31. The number of aliphatic hydroxyl groups is 2. The molecule has 1 aromatic carbocycles. The Balaban J connectivity index is 1.38. The summed E-state index contributed by atoms with van der Waals surface area (Å²) in [7, 11) is 1.87. The van der Waals surface area contributed by atoms with Crippen molar-refractivity contribution in [1.29, 1.82) is 0 Å². The van der Waals surface area contributed by atoms with Crippen LogP contribution in [0.4, 0.5) is 0 Å². The van der Waals surface area contributed by atoms with Gasteiger partial charge >= 0.3 is 0 Å². The first-order valence-corrected chi connectivity index (χ1v) is 17.1. The fraction of sp³-hybridized carbons (Fsp3) is 0.737. The number of fused-ring (bicyclic) bond motifs is 5. The van der Waals surface area contributed by atoms with E-state index >= 15 is 0 Å². The molecular formula is C38H55NO6. The number of Topliss-reactive ketones (excluding diaryl/α,β-unsaturated/α-hetero) is 2. The van der Waals surface area contributed by atoms with Crippen LogP contribution in [0.3, 0.4) is 0 Å². The molecule has 0 spiro atoms. The average Bonchev–Trinajstić information content (AvgIpc) is 3.46. The van der Waals surface area contributed by atoms with Crippen molar-refractivity contribution in [3.05, 3.63) is 40.5 Å². The smallest absolute Gasteiger partial charge is 0.159 e. The van der Waals surface area contributed by atoms with Gasteiger partial charge in [-0.25, -0.2) is 0 Å². The van der Waals surface area contributed by atoms with E-state index in [9.17, 15) is 24.9 Å². The van der Waals surface area contributed by atoms with E-state index in [4.69, 9.17) is 4.74 Å². The number of allylic oxidation sites excluding steroid dienone is 2. The Morgan fingerprint density at radius 1 is 1.04 bits per heavy atom. The molecule has 45 heavy (non-hydrogen) atoms. The summed E-state index contributed by atoms with van der Waals surface area (Å²) in [5.41, 5.74) is 1.71. The lowest BCUT2D eigenvalue weighted by Gasteiger charge is -2.69. The van der Waals surface area contributed by atoms with Gasteiger partial charge in [0.25, 0.3) is 0 Å². The number of ether oxygens (including phenoxy) is 1. The molecule has 0 radical (unpaired) electrons. The maximum Gasteiger partial charge on any atom is 0.159 e. The highest BCUT2D eigenvalue weighted by molar-refractivity contribution is 6.00. The predicted octanol–water partition coefficient (Wildman–Crippen LogP) is 5.84. The molecule has 1 saturated heterocycles. The number of ketones is 2. The lowest BCUT2D eigenvalue weighted by molar-refractivity contribution is -0.219. The van der Waals surface area contributed by atoms with Gasteiger partial charge in [0.1, 0.15) is 17.6 Å². The van der Waals surface area contributed by atoms with E-state index in [0.29, 0.717) is 32.2 Å². The number of nitrogens with one attached hydrogen (secondary N) is 1. The highest BCUT2D eigenvalue weighted by Crippen LogP contribution is 2.74. The molecule has 4 aliphatic carbocycles. The molecule has 4 fully saturated rings. The van der Waals surface area contributed by atoms with E-state index in [2.05, 4.69) is 33.0 Å². The maximum absolute atomic E-state index is 14.3. The van der Waals surface area contributed by atoms with Gasteiger partial charge in [-0.1, -0.05) is 53.2 Å². The minimum absolute atomic E-state index is 0.0745. The number of carbonyl (C=O) groups excluding carboxylic acids is 2. The molecule has 0 aromatic heterocycles.